The second kappa shape index (κ2) is 4.95. The fourth-order valence-corrected chi connectivity index (χ4v) is 2.41. The van der Waals surface area contributed by atoms with Gasteiger partial charge in [0.1, 0.15) is 0 Å². The van der Waals surface area contributed by atoms with Gasteiger partial charge in [0, 0.05) is 37.2 Å². The molecule has 0 N–H and O–H groups in total. The molecule has 1 unspecified atom stereocenters. The van der Waals surface area contributed by atoms with E-state index in [1.54, 1.807) is 5.01 Å². The number of carbonyl (C=O) groups excluding carboxylic acids is 1. The lowest BCUT2D eigenvalue weighted by Crippen LogP contribution is -2.54. The van der Waals surface area contributed by atoms with E-state index >= 15 is 0 Å². The Morgan fingerprint density at radius 1 is 1.47 bits per heavy atom. The average Bonchev–Trinajstić information content (AvgIpc) is 2.99. The van der Waals surface area contributed by atoms with E-state index in [0.717, 1.165) is 32.7 Å². The monoisotopic (exact) mass is 247 g/mol. The van der Waals surface area contributed by atoms with E-state index in [1.807, 2.05) is 11.8 Å². The first-order valence-corrected chi connectivity index (χ1v) is 6.72. The maximum Gasteiger partial charge on any atom is 0.292 e. The Hall–Kier alpha value is 0.0900. The van der Waals surface area contributed by atoms with Crippen molar-refractivity contribution in [2.75, 3.05) is 45.5 Å². The molecule has 0 aromatic rings. The summed E-state index contributed by atoms with van der Waals surface area (Å²) in [6.07, 6.45) is 0. The van der Waals surface area contributed by atoms with E-state index in [0.29, 0.717) is 5.25 Å². The minimum atomic E-state index is -0.118. The number of hydrazine groups is 1. The molecular formula is C9H17N3OS2. The molecule has 0 aromatic heterocycles. The molecule has 4 nitrogen and oxygen atoms in total. The zero-order valence-electron chi connectivity index (χ0n) is 8.93. The summed E-state index contributed by atoms with van der Waals surface area (Å²) < 4.78 is 0. The molecular weight excluding hydrogens is 230 g/mol. The summed E-state index contributed by atoms with van der Waals surface area (Å²) in [6.45, 7) is 4.74. The highest BCUT2D eigenvalue weighted by Crippen LogP contribution is 2.31. The van der Waals surface area contributed by atoms with Crippen LogP contribution in [-0.2, 0) is 0 Å². The van der Waals surface area contributed by atoms with Crippen LogP contribution in [-0.4, -0.2) is 70.9 Å². The molecule has 2 aliphatic rings. The third-order valence-corrected chi connectivity index (χ3v) is 4.01. The second-order valence-corrected chi connectivity index (χ2v) is 5.79. The van der Waals surface area contributed by atoms with E-state index in [9.17, 15) is 4.79 Å². The highest BCUT2D eigenvalue weighted by atomic mass is 32.2. The Kier molecular flexibility index (Phi) is 3.82. The Morgan fingerprint density at radius 2 is 2.07 bits per heavy atom. The van der Waals surface area contributed by atoms with Crippen LogP contribution in [0.2, 0.25) is 0 Å². The number of amides is 1. The smallest absolute Gasteiger partial charge is 0.292 e. The quantitative estimate of drug-likeness (QED) is 0.584. The van der Waals surface area contributed by atoms with Crippen LogP contribution in [0.25, 0.3) is 0 Å². The van der Waals surface area contributed by atoms with Gasteiger partial charge in [0.25, 0.3) is 5.24 Å². The number of rotatable bonds is 3. The van der Waals surface area contributed by atoms with Crippen LogP contribution in [0.15, 0.2) is 0 Å². The lowest BCUT2D eigenvalue weighted by atomic mass is 10.4. The highest BCUT2D eigenvalue weighted by Gasteiger charge is 2.30. The normalized spacial score (nSPS) is 27.7. The van der Waals surface area contributed by atoms with Crippen LogP contribution in [0.1, 0.15) is 0 Å². The van der Waals surface area contributed by atoms with Crippen molar-refractivity contribution in [1.82, 2.24) is 14.9 Å². The SMILES string of the molecule is CN1CCN(N(CC2CS2)C(=O)S)CC1. The number of carbonyl (C=O) groups is 1. The molecule has 2 aliphatic heterocycles. The minimum absolute atomic E-state index is 0.118. The lowest BCUT2D eigenvalue weighted by molar-refractivity contribution is -0.00766. The van der Waals surface area contributed by atoms with Gasteiger partial charge in [-0.3, -0.25) is 9.80 Å². The van der Waals surface area contributed by atoms with Crippen LogP contribution >= 0.6 is 24.4 Å². The molecule has 0 saturated carbocycles. The predicted molar refractivity (Wildman–Crippen MR) is 66.4 cm³/mol. The Morgan fingerprint density at radius 3 is 2.53 bits per heavy atom. The van der Waals surface area contributed by atoms with Crippen molar-refractivity contribution in [2.24, 2.45) is 0 Å². The molecule has 0 radical (unpaired) electrons. The summed E-state index contributed by atoms with van der Waals surface area (Å²) in [5.41, 5.74) is 0. The third kappa shape index (κ3) is 3.27. The molecule has 2 heterocycles. The molecule has 15 heavy (non-hydrogen) atoms. The van der Waals surface area contributed by atoms with Crippen molar-refractivity contribution in [3.63, 3.8) is 0 Å². The fraction of sp³-hybridized carbons (Fsp3) is 0.889. The summed E-state index contributed by atoms with van der Waals surface area (Å²) in [7, 11) is 2.11. The summed E-state index contributed by atoms with van der Waals surface area (Å²) in [5, 5.41) is 4.46. The van der Waals surface area contributed by atoms with Gasteiger partial charge in [0.05, 0.1) is 6.54 Å². The number of piperazine rings is 1. The van der Waals surface area contributed by atoms with E-state index in [4.69, 9.17) is 0 Å². The van der Waals surface area contributed by atoms with Crippen molar-refractivity contribution in [1.29, 1.82) is 0 Å². The van der Waals surface area contributed by atoms with Gasteiger partial charge in [-0.2, -0.15) is 11.8 Å². The van der Waals surface area contributed by atoms with Crippen LogP contribution in [0.5, 0.6) is 0 Å². The number of nitrogens with zero attached hydrogens (tertiary/aromatic N) is 3. The fourth-order valence-electron chi connectivity index (χ4n) is 1.72. The summed E-state index contributed by atoms with van der Waals surface area (Å²) >= 11 is 5.86. The lowest BCUT2D eigenvalue weighted by Gasteiger charge is -2.39. The van der Waals surface area contributed by atoms with Gasteiger partial charge in [-0.05, 0) is 7.05 Å². The number of thioether (sulfide) groups is 1. The van der Waals surface area contributed by atoms with Crippen molar-refractivity contribution in [2.45, 2.75) is 5.25 Å². The van der Waals surface area contributed by atoms with Gasteiger partial charge >= 0.3 is 0 Å². The summed E-state index contributed by atoms with van der Waals surface area (Å²) in [6, 6.07) is 0. The molecule has 1 amide bonds. The number of thiol groups is 1. The molecule has 0 aromatic carbocycles. The predicted octanol–water partition coefficient (Wildman–Crippen LogP) is 0.616. The van der Waals surface area contributed by atoms with Crippen LogP contribution in [0.3, 0.4) is 0 Å². The molecule has 2 saturated heterocycles. The summed E-state index contributed by atoms with van der Waals surface area (Å²) in [5.74, 6) is 1.19. The standard InChI is InChI=1S/C9H17N3OS2/c1-10-2-4-11(5-3-10)12(9(13)14)6-8-7-15-8/h8H,2-7H2,1H3,(H,13,14). The molecule has 2 rings (SSSR count). The van der Waals surface area contributed by atoms with Crippen LogP contribution in [0, 0.1) is 0 Å². The second-order valence-electron chi connectivity index (χ2n) is 4.08. The number of hydrogen-bond donors (Lipinski definition) is 1. The van der Waals surface area contributed by atoms with Gasteiger partial charge < -0.3 is 4.90 Å². The molecule has 86 valence electrons. The Bertz CT molecular complexity index is 240. The summed E-state index contributed by atoms with van der Waals surface area (Å²) in [4.78, 5) is 13.7. The molecule has 0 spiro atoms. The topological polar surface area (TPSA) is 26.8 Å². The highest BCUT2D eigenvalue weighted by molar-refractivity contribution is 8.06. The molecule has 6 heteroatoms. The van der Waals surface area contributed by atoms with Gasteiger partial charge in [-0.1, -0.05) is 12.6 Å². The van der Waals surface area contributed by atoms with Crippen molar-refractivity contribution in [3.05, 3.63) is 0 Å². The van der Waals surface area contributed by atoms with Gasteiger partial charge in [0.15, 0.2) is 0 Å². The molecule has 2 fully saturated rings. The van der Waals surface area contributed by atoms with Gasteiger partial charge in [-0.15, -0.1) is 0 Å². The van der Waals surface area contributed by atoms with Crippen molar-refractivity contribution < 1.29 is 4.79 Å². The third-order valence-electron chi connectivity index (χ3n) is 2.82. The molecule has 1 atom stereocenters. The maximum atomic E-state index is 11.4. The Balaban J connectivity index is 1.88. The maximum absolute atomic E-state index is 11.4. The van der Waals surface area contributed by atoms with E-state index in [1.165, 1.54) is 5.75 Å². The molecule has 0 bridgehead atoms. The van der Waals surface area contributed by atoms with Crippen molar-refractivity contribution in [3.8, 4) is 0 Å². The Labute approximate surface area is 100 Å². The van der Waals surface area contributed by atoms with Gasteiger partial charge in [0.2, 0.25) is 0 Å². The minimum Gasteiger partial charge on any atom is -0.304 e. The first-order chi connectivity index (χ1) is 7.16. The molecule has 0 aliphatic carbocycles. The largest absolute Gasteiger partial charge is 0.304 e. The first-order valence-electron chi connectivity index (χ1n) is 5.22. The van der Waals surface area contributed by atoms with E-state index in [2.05, 4.69) is 29.6 Å². The van der Waals surface area contributed by atoms with E-state index in [-0.39, 0.29) is 5.24 Å². The zero-order chi connectivity index (χ0) is 10.8. The first kappa shape index (κ1) is 11.6. The number of likely N-dealkylation sites (N-methyl/N-ethyl adjacent to an activating group) is 1. The van der Waals surface area contributed by atoms with Crippen LogP contribution < -0.4 is 0 Å². The number of hydrogen-bond acceptors (Lipinski definition) is 4. The van der Waals surface area contributed by atoms with Crippen molar-refractivity contribution >= 4 is 29.6 Å². The average molecular weight is 247 g/mol. The van der Waals surface area contributed by atoms with Crippen LogP contribution in [0.4, 0.5) is 4.79 Å². The zero-order valence-corrected chi connectivity index (χ0v) is 10.6. The van der Waals surface area contributed by atoms with Gasteiger partial charge in [-0.25, -0.2) is 5.01 Å². The van der Waals surface area contributed by atoms with E-state index < -0.39 is 0 Å².